The summed E-state index contributed by atoms with van der Waals surface area (Å²) in [6.45, 7) is 8.56. The van der Waals surface area contributed by atoms with Crippen LogP contribution in [-0.4, -0.2) is 9.97 Å². The Hall–Kier alpha value is -1.12. The fourth-order valence-corrected chi connectivity index (χ4v) is 1.79. The molecule has 0 aliphatic heterocycles. The Morgan fingerprint density at radius 2 is 1.50 bits per heavy atom. The molecule has 0 unspecified atom stereocenters. The van der Waals surface area contributed by atoms with Gasteiger partial charge in [-0.2, -0.15) is 0 Å². The maximum Gasteiger partial charge on any atom is 0.220 e. The minimum absolute atomic E-state index is 0.406. The van der Waals surface area contributed by atoms with E-state index in [9.17, 15) is 0 Å². The smallest absolute Gasteiger partial charge is 0.220 e. The fraction of sp³-hybridized carbons (Fsp3) is 0.636. The molecule has 3 nitrogen and oxygen atoms in total. The molecule has 0 aromatic carbocycles. The fourth-order valence-electron chi connectivity index (χ4n) is 1.79. The van der Waals surface area contributed by atoms with Crippen molar-refractivity contribution in [2.75, 3.05) is 5.73 Å². The standard InChI is InChI=1S/C11H19N3/c1-5-8-10(7(3)4)9(6-2)14-11(12)13-8/h7H,5-6H2,1-4H3,(H2,12,13,14). The van der Waals surface area contributed by atoms with Gasteiger partial charge in [-0.25, -0.2) is 9.97 Å². The van der Waals surface area contributed by atoms with Gasteiger partial charge in [0.15, 0.2) is 0 Å². The molecule has 78 valence electrons. The summed E-state index contributed by atoms with van der Waals surface area (Å²) in [5, 5.41) is 0. The topological polar surface area (TPSA) is 51.8 Å². The van der Waals surface area contributed by atoms with Crippen molar-refractivity contribution >= 4 is 5.95 Å². The van der Waals surface area contributed by atoms with Crippen LogP contribution in [0.1, 0.15) is 50.6 Å². The van der Waals surface area contributed by atoms with Gasteiger partial charge in [-0.3, -0.25) is 0 Å². The van der Waals surface area contributed by atoms with Crippen LogP contribution in [0.3, 0.4) is 0 Å². The molecule has 0 aliphatic carbocycles. The van der Waals surface area contributed by atoms with E-state index in [1.165, 1.54) is 5.56 Å². The first-order chi connectivity index (χ1) is 6.60. The van der Waals surface area contributed by atoms with E-state index in [1.807, 2.05) is 0 Å². The number of nitrogens with two attached hydrogens (primary N) is 1. The maximum atomic E-state index is 5.66. The van der Waals surface area contributed by atoms with Gasteiger partial charge in [-0.15, -0.1) is 0 Å². The van der Waals surface area contributed by atoms with Gasteiger partial charge < -0.3 is 5.73 Å². The lowest BCUT2D eigenvalue weighted by Crippen LogP contribution is -2.09. The van der Waals surface area contributed by atoms with Crippen molar-refractivity contribution in [3.8, 4) is 0 Å². The molecule has 1 rings (SSSR count). The molecule has 0 saturated carbocycles. The summed E-state index contributed by atoms with van der Waals surface area (Å²) in [4.78, 5) is 8.58. The number of anilines is 1. The lowest BCUT2D eigenvalue weighted by atomic mass is 9.97. The van der Waals surface area contributed by atoms with Gasteiger partial charge in [0, 0.05) is 11.4 Å². The van der Waals surface area contributed by atoms with Gasteiger partial charge in [0.25, 0.3) is 0 Å². The minimum atomic E-state index is 0.406. The van der Waals surface area contributed by atoms with Crippen molar-refractivity contribution < 1.29 is 0 Å². The number of nitrogen functional groups attached to an aromatic ring is 1. The lowest BCUT2D eigenvalue weighted by Gasteiger charge is -2.15. The minimum Gasteiger partial charge on any atom is -0.368 e. The third-order valence-corrected chi connectivity index (χ3v) is 2.37. The van der Waals surface area contributed by atoms with Crippen LogP contribution in [0.2, 0.25) is 0 Å². The van der Waals surface area contributed by atoms with Crippen molar-refractivity contribution in [2.45, 2.75) is 46.5 Å². The van der Waals surface area contributed by atoms with Gasteiger partial charge in [0.2, 0.25) is 5.95 Å². The van der Waals surface area contributed by atoms with E-state index in [1.54, 1.807) is 0 Å². The average molecular weight is 193 g/mol. The Kier molecular flexibility index (Phi) is 3.44. The van der Waals surface area contributed by atoms with Gasteiger partial charge in [-0.1, -0.05) is 27.7 Å². The highest BCUT2D eigenvalue weighted by Gasteiger charge is 2.13. The van der Waals surface area contributed by atoms with E-state index >= 15 is 0 Å². The second-order valence-electron chi connectivity index (χ2n) is 3.75. The third-order valence-electron chi connectivity index (χ3n) is 2.37. The largest absolute Gasteiger partial charge is 0.368 e. The number of hydrogen-bond acceptors (Lipinski definition) is 3. The second kappa shape index (κ2) is 4.40. The molecule has 0 fully saturated rings. The first-order valence-electron chi connectivity index (χ1n) is 5.25. The molecule has 0 atom stereocenters. The summed E-state index contributed by atoms with van der Waals surface area (Å²) in [6.07, 6.45) is 1.85. The van der Waals surface area contributed by atoms with E-state index in [0.717, 1.165) is 24.2 Å². The van der Waals surface area contributed by atoms with Gasteiger partial charge >= 0.3 is 0 Å². The number of hydrogen-bond donors (Lipinski definition) is 1. The molecule has 0 bridgehead atoms. The number of rotatable bonds is 3. The molecule has 3 heteroatoms. The molecule has 2 N–H and O–H groups in total. The molecule has 0 saturated heterocycles. The highest BCUT2D eigenvalue weighted by molar-refractivity contribution is 5.34. The van der Waals surface area contributed by atoms with E-state index in [2.05, 4.69) is 37.7 Å². The van der Waals surface area contributed by atoms with Gasteiger partial charge in [0.1, 0.15) is 0 Å². The lowest BCUT2D eigenvalue weighted by molar-refractivity contribution is 0.781. The summed E-state index contributed by atoms with van der Waals surface area (Å²) < 4.78 is 0. The molecule has 1 aromatic rings. The maximum absolute atomic E-state index is 5.66. The van der Waals surface area contributed by atoms with Crippen LogP contribution < -0.4 is 5.73 Å². The van der Waals surface area contributed by atoms with E-state index in [4.69, 9.17) is 5.73 Å². The first kappa shape index (κ1) is 11.0. The summed E-state index contributed by atoms with van der Waals surface area (Å²) >= 11 is 0. The van der Waals surface area contributed by atoms with Gasteiger partial charge in [0.05, 0.1) is 0 Å². The molecule has 14 heavy (non-hydrogen) atoms. The molecule has 0 radical (unpaired) electrons. The summed E-state index contributed by atoms with van der Waals surface area (Å²) in [5.41, 5.74) is 9.14. The summed E-state index contributed by atoms with van der Waals surface area (Å²) in [7, 11) is 0. The van der Waals surface area contributed by atoms with Crippen molar-refractivity contribution in [1.82, 2.24) is 9.97 Å². The predicted molar refractivity (Wildman–Crippen MR) is 59.3 cm³/mol. The van der Waals surface area contributed by atoms with Crippen LogP contribution in [0.15, 0.2) is 0 Å². The Morgan fingerprint density at radius 3 is 1.79 bits per heavy atom. The molecule has 1 heterocycles. The molecule has 0 spiro atoms. The number of aryl methyl sites for hydroxylation is 2. The Labute approximate surface area is 85.8 Å². The van der Waals surface area contributed by atoms with Crippen molar-refractivity contribution in [2.24, 2.45) is 0 Å². The summed E-state index contributed by atoms with van der Waals surface area (Å²) in [6, 6.07) is 0. The average Bonchev–Trinajstić information content (AvgIpc) is 2.15. The van der Waals surface area contributed by atoms with Crippen LogP contribution in [0.4, 0.5) is 5.95 Å². The van der Waals surface area contributed by atoms with Crippen LogP contribution >= 0.6 is 0 Å². The van der Waals surface area contributed by atoms with Crippen molar-refractivity contribution in [3.05, 3.63) is 17.0 Å². The zero-order chi connectivity index (χ0) is 10.7. The third kappa shape index (κ3) is 2.03. The highest BCUT2D eigenvalue weighted by atomic mass is 15.0. The Balaban J connectivity index is 3.33. The van der Waals surface area contributed by atoms with Crippen LogP contribution in [0.25, 0.3) is 0 Å². The Morgan fingerprint density at radius 1 is 1.07 bits per heavy atom. The van der Waals surface area contributed by atoms with Crippen LogP contribution in [0.5, 0.6) is 0 Å². The quantitative estimate of drug-likeness (QED) is 0.801. The Bertz CT molecular complexity index is 293. The van der Waals surface area contributed by atoms with Crippen LogP contribution in [-0.2, 0) is 12.8 Å². The molecule has 1 aromatic heterocycles. The highest BCUT2D eigenvalue weighted by Crippen LogP contribution is 2.23. The molecular formula is C11H19N3. The molecule has 0 amide bonds. The van der Waals surface area contributed by atoms with Crippen LogP contribution in [0, 0.1) is 0 Å². The van der Waals surface area contributed by atoms with E-state index in [0.29, 0.717) is 11.9 Å². The van der Waals surface area contributed by atoms with Gasteiger partial charge in [-0.05, 0) is 24.3 Å². The monoisotopic (exact) mass is 193 g/mol. The van der Waals surface area contributed by atoms with E-state index in [-0.39, 0.29) is 0 Å². The van der Waals surface area contributed by atoms with Crippen molar-refractivity contribution in [1.29, 1.82) is 0 Å². The second-order valence-corrected chi connectivity index (χ2v) is 3.75. The SMILES string of the molecule is CCc1nc(N)nc(CC)c1C(C)C. The van der Waals surface area contributed by atoms with Crippen molar-refractivity contribution in [3.63, 3.8) is 0 Å². The molecule has 0 aliphatic rings. The predicted octanol–water partition coefficient (Wildman–Crippen LogP) is 2.31. The zero-order valence-corrected chi connectivity index (χ0v) is 9.46. The van der Waals surface area contributed by atoms with E-state index < -0.39 is 0 Å². The zero-order valence-electron chi connectivity index (χ0n) is 9.46. The number of aromatic nitrogens is 2. The first-order valence-corrected chi connectivity index (χ1v) is 5.25. The normalized spacial score (nSPS) is 10.9. The number of nitrogens with zero attached hydrogens (tertiary/aromatic N) is 2. The summed E-state index contributed by atoms with van der Waals surface area (Å²) in [5.74, 6) is 0.878. The molecular weight excluding hydrogens is 174 g/mol.